The minimum Gasteiger partial charge on any atom is -0.443 e. The Balaban J connectivity index is 0. The van der Waals surface area contributed by atoms with E-state index in [4.69, 9.17) is 29.5 Å². The van der Waals surface area contributed by atoms with Crippen molar-refractivity contribution in [3.8, 4) is 0 Å². The average Bonchev–Trinajstić information content (AvgIpc) is 3.63. The summed E-state index contributed by atoms with van der Waals surface area (Å²) in [6.07, 6.45) is 12.5. The van der Waals surface area contributed by atoms with Gasteiger partial charge in [0.25, 0.3) is 0 Å². The number of nitrogens with zero attached hydrogens (tertiary/aromatic N) is 3. The van der Waals surface area contributed by atoms with Crippen LogP contribution in [0.4, 0.5) is 14.4 Å². The van der Waals surface area contributed by atoms with Gasteiger partial charge in [-0.2, -0.15) is 0 Å². The molecule has 0 aromatic heterocycles. The number of hydrogen-bond donors (Lipinski definition) is 3. The number of amides is 6. The van der Waals surface area contributed by atoms with Crippen molar-refractivity contribution >= 4 is 37.0 Å². The molecule has 3 aliphatic heterocycles. The van der Waals surface area contributed by atoms with Crippen LogP contribution in [-0.4, -0.2) is 86.6 Å². The highest BCUT2D eigenvalue weighted by molar-refractivity contribution is 5.86. The summed E-state index contributed by atoms with van der Waals surface area (Å²) in [6, 6.07) is -0.149. The maximum atomic E-state index is 11.6. The van der Waals surface area contributed by atoms with Crippen molar-refractivity contribution in [3.63, 3.8) is 0 Å². The molecule has 0 radical (unpaired) electrons. The third-order valence-electron chi connectivity index (χ3n) is 5.54. The highest BCUT2D eigenvalue weighted by Crippen LogP contribution is 2.20. The molecule has 3 rings (SSSR count). The SMILES string of the molecule is CC(C)(C)OC(=O)N1C=CC[C@H]1C(N)=O.C[C@@H]1CC=CN1C(=O)OC(C)(C)C.C[C@@H]1CC=CN1C(=O)OC(C)(C)C.NC=O.NC=O. The van der Waals surface area contributed by atoms with E-state index in [0.717, 1.165) is 12.8 Å². The van der Waals surface area contributed by atoms with Gasteiger partial charge in [-0.25, -0.2) is 14.4 Å². The topological polar surface area (TPSA) is 218 Å². The lowest BCUT2D eigenvalue weighted by Crippen LogP contribution is -2.44. The molecule has 3 heterocycles. The van der Waals surface area contributed by atoms with Gasteiger partial charge in [0.2, 0.25) is 18.7 Å². The molecule has 47 heavy (non-hydrogen) atoms. The van der Waals surface area contributed by atoms with E-state index in [9.17, 15) is 19.2 Å². The van der Waals surface area contributed by atoms with Gasteiger partial charge in [-0.15, -0.1) is 0 Å². The highest BCUT2D eigenvalue weighted by atomic mass is 16.6. The van der Waals surface area contributed by atoms with E-state index >= 15 is 0 Å². The first-order chi connectivity index (χ1) is 21.4. The molecule has 0 saturated heterocycles. The van der Waals surface area contributed by atoms with Gasteiger partial charge < -0.3 is 31.4 Å². The van der Waals surface area contributed by atoms with E-state index in [0.29, 0.717) is 6.42 Å². The number of carbonyl (C=O) groups is 6. The fraction of sp³-hybridized carbons (Fsp3) is 0.625. The number of primary amides is 3. The highest BCUT2D eigenvalue weighted by Gasteiger charge is 2.32. The van der Waals surface area contributed by atoms with Gasteiger partial charge in [-0.05, 0) is 95.4 Å². The Bertz CT molecular complexity index is 1060. The molecular weight excluding hydrogens is 612 g/mol. The Morgan fingerprint density at radius 2 is 0.851 bits per heavy atom. The lowest BCUT2D eigenvalue weighted by molar-refractivity contribution is -0.122. The number of rotatable bonds is 1. The van der Waals surface area contributed by atoms with E-state index < -0.39 is 34.8 Å². The predicted molar refractivity (Wildman–Crippen MR) is 178 cm³/mol. The van der Waals surface area contributed by atoms with Crippen molar-refractivity contribution in [1.82, 2.24) is 14.7 Å². The molecule has 6 N–H and O–H groups in total. The van der Waals surface area contributed by atoms with Crippen LogP contribution in [0.15, 0.2) is 36.8 Å². The van der Waals surface area contributed by atoms with Gasteiger partial charge in [-0.1, -0.05) is 18.2 Å². The molecular formula is C32H56N6O9. The van der Waals surface area contributed by atoms with E-state index in [-0.39, 0.29) is 37.1 Å². The summed E-state index contributed by atoms with van der Waals surface area (Å²) in [5, 5.41) is 0. The first-order valence-corrected chi connectivity index (χ1v) is 15.1. The summed E-state index contributed by atoms with van der Waals surface area (Å²) in [7, 11) is 0. The Kier molecular flexibility index (Phi) is 19.5. The molecule has 6 amide bonds. The van der Waals surface area contributed by atoms with Gasteiger partial charge in [-0.3, -0.25) is 29.1 Å². The van der Waals surface area contributed by atoms with Crippen LogP contribution >= 0.6 is 0 Å². The van der Waals surface area contributed by atoms with Gasteiger partial charge in [0.1, 0.15) is 22.8 Å². The molecule has 268 valence electrons. The maximum Gasteiger partial charge on any atom is 0.415 e. The van der Waals surface area contributed by atoms with E-state index in [1.54, 1.807) is 49.0 Å². The summed E-state index contributed by atoms with van der Waals surface area (Å²) in [5.41, 5.74) is 12.1. The van der Waals surface area contributed by atoms with Crippen LogP contribution in [0.2, 0.25) is 0 Å². The maximum absolute atomic E-state index is 11.6. The number of hydrogen-bond acceptors (Lipinski definition) is 9. The van der Waals surface area contributed by atoms with E-state index in [1.807, 2.05) is 67.5 Å². The Morgan fingerprint density at radius 1 is 0.596 bits per heavy atom. The summed E-state index contributed by atoms with van der Waals surface area (Å²) in [4.78, 5) is 67.3. The first kappa shape index (κ1) is 44.6. The first-order valence-electron chi connectivity index (χ1n) is 15.1. The van der Waals surface area contributed by atoms with Crippen LogP contribution in [0.5, 0.6) is 0 Å². The van der Waals surface area contributed by atoms with Crippen molar-refractivity contribution in [2.75, 3.05) is 0 Å². The normalized spacial score (nSPS) is 19.3. The van der Waals surface area contributed by atoms with Crippen LogP contribution in [0, 0.1) is 0 Å². The van der Waals surface area contributed by atoms with Crippen LogP contribution in [0.3, 0.4) is 0 Å². The monoisotopic (exact) mass is 668 g/mol. The van der Waals surface area contributed by atoms with Crippen LogP contribution in [0.1, 0.15) is 95.4 Å². The standard InChI is InChI=1S/C10H16N2O3.2C10H17NO2.2CH3NO/c1-10(2,3)15-9(14)12-6-4-5-7(12)8(11)13;2*1-8-6-5-7-11(8)9(12)13-10(2,3)4;2*2-1-3/h4,6-7H,5H2,1-3H3,(H2,11,13);2*5,7-8H,6H2,1-4H3;2*1H,(H2,2,3)/t7-;2*8-;;/m011../s1. The van der Waals surface area contributed by atoms with Gasteiger partial charge >= 0.3 is 18.3 Å². The zero-order chi connectivity index (χ0) is 37.2. The largest absolute Gasteiger partial charge is 0.443 e. The summed E-state index contributed by atoms with van der Waals surface area (Å²) in [6.45, 7) is 20.5. The fourth-order valence-electron chi connectivity index (χ4n) is 3.65. The predicted octanol–water partition coefficient (Wildman–Crippen LogP) is 4.26. The Labute approximate surface area is 279 Å². The molecule has 0 aromatic carbocycles. The molecule has 0 fully saturated rings. The van der Waals surface area contributed by atoms with E-state index in [2.05, 4.69) is 11.5 Å². The summed E-state index contributed by atoms with van der Waals surface area (Å²) < 4.78 is 15.6. The van der Waals surface area contributed by atoms with Gasteiger partial charge in [0.15, 0.2) is 0 Å². The molecule has 0 bridgehead atoms. The second kappa shape index (κ2) is 20.5. The van der Waals surface area contributed by atoms with Crippen molar-refractivity contribution in [2.45, 2.75) is 130 Å². The van der Waals surface area contributed by atoms with Crippen LogP contribution in [0.25, 0.3) is 0 Å². The molecule has 3 aliphatic rings. The second-order valence-corrected chi connectivity index (χ2v) is 13.4. The number of nitrogens with two attached hydrogens (primary N) is 3. The van der Waals surface area contributed by atoms with Crippen LogP contribution < -0.4 is 17.2 Å². The third-order valence-corrected chi connectivity index (χ3v) is 5.54. The van der Waals surface area contributed by atoms with Crippen molar-refractivity contribution in [1.29, 1.82) is 0 Å². The molecule has 15 heteroatoms. The second-order valence-electron chi connectivity index (χ2n) is 13.4. The molecule has 3 atom stereocenters. The van der Waals surface area contributed by atoms with Crippen molar-refractivity contribution in [2.24, 2.45) is 17.2 Å². The summed E-state index contributed by atoms with van der Waals surface area (Å²) in [5.74, 6) is -0.522. The zero-order valence-electron chi connectivity index (χ0n) is 29.7. The average molecular weight is 669 g/mol. The lowest BCUT2D eigenvalue weighted by Gasteiger charge is -2.26. The third kappa shape index (κ3) is 20.2. The molecule has 15 nitrogen and oxygen atoms in total. The fourth-order valence-corrected chi connectivity index (χ4v) is 3.65. The summed E-state index contributed by atoms with van der Waals surface area (Å²) >= 11 is 0. The quantitative estimate of drug-likeness (QED) is 0.268. The number of ether oxygens (including phenoxy) is 3. The molecule has 0 aliphatic carbocycles. The van der Waals surface area contributed by atoms with Gasteiger partial charge in [0, 0.05) is 30.7 Å². The Hall–Kier alpha value is -4.56. The zero-order valence-corrected chi connectivity index (χ0v) is 29.7. The Morgan fingerprint density at radius 3 is 1.09 bits per heavy atom. The minimum absolute atomic E-state index is 0.231. The minimum atomic E-state index is -0.611. The van der Waals surface area contributed by atoms with Crippen LogP contribution in [-0.2, 0) is 28.6 Å². The molecule has 0 spiro atoms. The van der Waals surface area contributed by atoms with Crippen molar-refractivity contribution in [3.05, 3.63) is 36.8 Å². The number of carbonyl (C=O) groups excluding carboxylic acids is 6. The van der Waals surface area contributed by atoms with Crippen molar-refractivity contribution < 1.29 is 43.0 Å². The van der Waals surface area contributed by atoms with E-state index in [1.165, 1.54) is 11.1 Å². The van der Waals surface area contributed by atoms with Gasteiger partial charge in [0.05, 0.1) is 0 Å². The molecule has 0 unspecified atom stereocenters. The molecule has 0 aromatic rings. The lowest BCUT2D eigenvalue weighted by atomic mass is 10.2. The smallest absolute Gasteiger partial charge is 0.415 e. The molecule has 0 saturated carbocycles.